The fourth-order valence-corrected chi connectivity index (χ4v) is 2.62. The SMILES string of the molecule is O=C(N(CCC(F)(F)C(F)(F)C(F)(F)C(F)(F)C(F)(F)C(F)(F)F)OCc1ccccc1)C(F)(F)C(F)(F)C(F)(F)F. The molecule has 0 spiro atoms. The van der Waals surface area contributed by atoms with E-state index in [1.807, 2.05) is 0 Å². The molecule has 3 nitrogen and oxygen atoms in total. The van der Waals surface area contributed by atoms with Crippen molar-refractivity contribution in [3.8, 4) is 0 Å². The van der Waals surface area contributed by atoms with Gasteiger partial charge >= 0.3 is 59.7 Å². The Balaban J connectivity index is 3.49. The summed E-state index contributed by atoms with van der Waals surface area (Å²) in [5.74, 6) is -58.0. The molecule has 1 rings (SSSR count). The molecule has 1 amide bonds. The molecule has 1 aromatic carbocycles. The van der Waals surface area contributed by atoms with E-state index in [0.717, 1.165) is 24.3 Å². The first-order valence-electron chi connectivity index (χ1n) is 10.1. The highest BCUT2D eigenvalue weighted by atomic mass is 19.4. The number of hydrogen-bond donors (Lipinski definition) is 0. The summed E-state index contributed by atoms with van der Waals surface area (Å²) in [5.41, 5.74) is -0.334. The average molecular weight is 665 g/mol. The minimum atomic E-state index is -8.34. The molecule has 0 atom stereocenters. The third-order valence-electron chi connectivity index (χ3n) is 5.10. The van der Waals surface area contributed by atoms with Gasteiger partial charge in [-0.25, -0.2) is 5.06 Å². The maximum absolute atomic E-state index is 14.0. The Kier molecular flexibility index (Phi) is 9.82. The smallest absolute Gasteiger partial charge is 0.266 e. The third-order valence-corrected chi connectivity index (χ3v) is 5.10. The molecule has 0 aliphatic carbocycles. The first-order valence-corrected chi connectivity index (χ1v) is 10.1. The Morgan fingerprint density at radius 3 is 1.38 bits per heavy atom. The van der Waals surface area contributed by atoms with E-state index in [-0.39, 0.29) is 5.56 Å². The summed E-state index contributed by atoms with van der Waals surface area (Å²) in [6, 6.07) is 5.26. The van der Waals surface area contributed by atoms with Crippen LogP contribution in [0.1, 0.15) is 12.0 Å². The van der Waals surface area contributed by atoms with Crippen LogP contribution in [0.3, 0.4) is 0 Å². The zero-order valence-electron chi connectivity index (χ0n) is 19.3. The molecule has 0 fully saturated rings. The minimum Gasteiger partial charge on any atom is -0.266 e. The number of hydrogen-bond acceptors (Lipinski definition) is 2. The van der Waals surface area contributed by atoms with Crippen LogP contribution in [-0.2, 0) is 16.2 Å². The van der Waals surface area contributed by atoms with Gasteiger partial charge in [0.05, 0.1) is 6.54 Å². The highest BCUT2D eigenvalue weighted by Gasteiger charge is 2.90. The van der Waals surface area contributed by atoms with Gasteiger partial charge in [-0.15, -0.1) is 0 Å². The van der Waals surface area contributed by atoms with Gasteiger partial charge in [0, 0.05) is 6.42 Å². The lowest BCUT2D eigenvalue weighted by Gasteiger charge is -2.40. The predicted octanol–water partition coefficient (Wildman–Crippen LogP) is 7.91. The molecule has 0 radical (unpaired) electrons. The molecule has 42 heavy (non-hydrogen) atoms. The molecule has 0 saturated heterocycles. The fourth-order valence-electron chi connectivity index (χ4n) is 2.62. The number of benzene rings is 1. The first-order chi connectivity index (χ1) is 18.3. The lowest BCUT2D eigenvalue weighted by Crippen LogP contribution is -2.70. The van der Waals surface area contributed by atoms with Crippen molar-refractivity contribution in [3.63, 3.8) is 0 Å². The van der Waals surface area contributed by atoms with Gasteiger partial charge in [-0.1, -0.05) is 30.3 Å². The average Bonchev–Trinajstić information content (AvgIpc) is 2.82. The summed E-state index contributed by atoms with van der Waals surface area (Å²) in [6.45, 7) is -4.26. The Hall–Kier alpha value is -2.75. The molecule has 1 aromatic rings. The fraction of sp³-hybridized carbons (Fsp3) is 0.632. The Bertz CT molecular complexity index is 1080. The Morgan fingerprint density at radius 2 is 0.976 bits per heavy atom. The van der Waals surface area contributed by atoms with Gasteiger partial charge in [0.15, 0.2) is 0 Å². The van der Waals surface area contributed by atoms with Crippen LogP contribution in [0.4, 0.5) is 87.8 Å². The summed E-state index contributed by atoms with van der Waals surface area (Å²) in [7, 11) is 0. The molecule has 0 aromatic heterocycles. The van der Waals surface area contributed by atoms with Crippen molar-refractivity contribution in [3.05, 3.63) is 35.9 Å². The first kappa shape index (κ1) is 37.3. The van der Waals surface area contributed by atoms with E-state index in [2.05, 4.69) is 4.84 Å². The monoisotopic (exact) mass is 665 g/mol. The van der Waals surface area contributed by atoms with E-state index in [1.54, 1.807) is 0 Å². The number of hydroxylamine groups is 2. The van der Waals surface area contributed by atoms with Crippen LogP contribution in [-0.4, -0.2) is 71.3 Å². The molecule has 0 N–H and O–H groups in total. The molecule has 244 valence electrons. The van der Waals surface area contributed by atoms with Gasteiger partial charge in [0.2, 0.25) is 0 Å². The topological polar surface area (TPSA) is 29.5 Å². The second-order valence-corrected chi connectivity index (χ2v) is 8.06. The second kappa shape index (κ2) is 11.1. The van der Waals surface area contributed by atoms with Crippen LogP contribution in [0, 0.1) is 0 Å². The molecule has 0 saturated carbocycles. The zero-order valence-corrected chi connectivity index (χ0v) is 19.3. The molecule has 0 heterocycles. The molecule has 0 aliphatic heterocycles. The summed E-state index contributed by atoms with van der Waals surface area (Å²) in [5, 5.41) is -1.60. The highest BCUT2D eigenvalue weighted by Crippen LogP contribution is 2.60. The molecular weight excluding hydrogens is 654 g/mol. The van der Waals surface area contributed by atoms with Crippen LogP contribution in [0.15, 0.2) is 30.3 Å². The summed E-state index contributed by atoms with van der Waals surface area (Å²) in [4.78, 5) is 15.9. The van der Waals surface area contributed by atoms with E-state index in [4.69, 9.17) is 0 Å². The molecule has 23 heteroatoms. The number of rotatable bonds is 12. The van der Waals surface area contributed by atoms with Gasteiger partial charge in [-0.05, 0) is 5.56 Å². The van der Waals surface area contributed by atoms with Crippen molar-refractivity contribution in [2.45, 2.75) is 66.8 Å². The Morgan fingerprint density at radius 1 is 0.571 bits per heavy atom. The van der Waals surface area contributed by atoms with Crippen LogP contribution in [0.5, 0.6) is 0 Å². The third kappa shape index (κ3) is 6.15. The van der Waals surface area contributed by atoms with Gasteiger partial charge in [-0.3, -0.25) is 9.63 Å². The maximum atomic E-state index is 14.0. The Labute approximate surface area is 218 Å². The number of halogens is 20. The summed E-state index contributed by atoms with van der Waals surface area (Å²) in [6.07, 6.45) is -18.4. The molecule has 0 aliphatic rings. The van der Waals surface area contributed by atoms with Crippen molar-refractivity contribution in [2.75, 3.05) is 6.54 Å². The summed E-state index contributed by atoms with van der Waals surface area (Å²) >= 11 is 0. The minimum absolute atomic E-state index is 0.334. The van der Waals surface area contributed by atoms with Gasteiger partial charge in [0.1, 0.15) is 6.61 Å². The maximum Gasteiger partial charge on any atom is 0.460 e. The molecule has 0 bridgehead atoms. The van der Waals surface area contributed by atoms with Crippen molar-refractivity contribution in [1.82, 2.24) is 5.06 Å². The number of nitrogens with zero attached hydrogens (tertiary/aromatic N) is 1. The number of alkyl halides is 20. The zero-order chi connectivity index (χ0) is 33.6. The second-order valence-electron chi connectivity index (χ2n) is 8.06. The number of carbonyl (C=O) groups excluding carboxylic acids is 1. The number of amides is 1. The van der Waals surface area contributed by atoms with Crippen LogP contribution in [0.25, 0.3) is 0 Å². The molecule has 0 unspecified atom stereocenters. The molecular formula is C19H11F20NO2. The normalized spacial score (nSPS) is 15.1. The van der Waals surface area contributed by atoms with Crippen molar-refractivity contribution < 1.29 is 97.4 Å². The van der Waals surface area contributed by atoms with Crippen LogP contribution < -0.4 is 0 Å². The van der Waals surface area contributed by atoms with Crippen LogP contribution in [0.2, 0.25) is 0 Å². The van der Waals surface area contributed by atoms with E-state index in [0.29, 0.717) is 0 Å². The highest BCUT2D eigenvalue weighted by molar-refractivity contribution is 5.84. The predicted molar refractivity (Wildman–Crippen MR) is 94.3 cm³/mol. The lowest BCUT2D eigenvalue weighted by molar-refractivity contribution is -0.440. The van der Waals surface area contributed by atoms with Gasteiger partial charge in [-0.2, -0.15) is 87.8 Å². The number of carbonyl (C=O) groups is 1. The van der Waals surface area contributed by atoms with E-state index in [9.17, 15) is 92.6 Å². The largest absolute Gasteiger partial charge is 0.460 e. The van der Waals surface area contributed by atoms with E-state index < -0.39 is 84.4 Å². The van der Waals surface area contributed by atoms with E-state index in [1.165, 1.54) is 6.07 Å². The van der Waals surface area contributed by atoms with Crippen molar-refractivity contribution >= 4 is 5.91 Å². The van der Waals surface area contributed by atoms with Gasteiger partial charge < -0.3 is 0 Å². The quantitative estimate of drug-likeness (QED) is 0.168. The van der Waals surface area contributed by atoms with Crippen molar-refractivity contribution in [1.29, 1.82) is 0 Å². The summed E-state index contributed by atoms with van der Waals surface area (Å²) < 4.78 is 263. The van der Waals surface area contributed by atoms with Crippen molar-refractivity contribution in [2.24, 2.45) is 0 Å². The van der Waals surface area contributed by atoms with Crippen LogP contribution >= 0.6 is 0 Å². The lowest BCUT2D eigenvalue weighted by atomic mass is 9.92. The van der Waals surface area contributed by atoms with E-state index >= 15 is 0 Å². The standard InChI is InChI=1S/C19H11F20NO2/c20-11(21,13(24,25)15(28,29)16(30,31)17(32,33)19(37,38)39)6-7-40(42-8-9-4-2-1-3-5-9)10(41)12(22,23)14(26,27)18(34,35)36/h1-5H,6-8H2. The van der Waals surface area contributed by atoms with Gasteiger partial charge in [0.25, 0.3) is 0 Å².